The van der Waals surface area contributed by atoms with E-state index in [4.69, 9.17) is 4.74 Å². The molecule has 0 saturated carbocycles. The predicted molar refractivity (Wildman–Crippen MR) is 55.9 cm³/mol. The zero-order valence-electron chi connectivity index (χ0n) is 8.25. The Morgan fingerprint density at radius 3 is 3.21 bits per heavy atom. The van der Waals surface area contributed by atoms with Gasteiger partial charge in [0, 0.05) is 13.0 Å². The number of hydrogen-bond donors (Lipinski definition) is 1. The highest BCUT2D eigenvalue weighted by Crippen LogP contribution is 2.30. The first-order chi connectivity index (χ1) is 6.93. The fraction of sp³-hybridized carbons (Fsp3) is 0.500. The molecule has 2 aliphatic heterocycles. The average Bonchev–Trinajstić information content (AvgIpc) is 2.88. The third-order valence-corrected chi connectivity index (χ3v) is 3.25. The maximum atomic E-state index is 5.50. The molecule has 0 aliphatic carbocycles. The molecule has 0 aromatic heterocycles. The van der Waals surface area contributed by atoms with Gasteiger partial charge >= 0.3 is 0 Å². The van der Waals surface area contributed by atoms with Crippen molar-refractivity contribution < 1.29 is 4.74 Å². The molecule has 2 heteroatoms. The summed E-state index contributed by atoms with van der Waals surface area (Å²) in [6, 6.07) is 6.69. The summed E-state index contributed by atoms with van der Waals surface area (Å²) in [5.41, 5.74) is 2.88. The van der Waals surface area contributed by atoms with Crippen molar-refractivity contribution in [2.45, 2.75) is 18.8 Å². The molecule has 1 saturated heterocycles. The van der Waals surface area contributed by atoms with Crippen molar-refractivity contribution in [1.29, 1.82) is 0 Å². The fourth-order valence-corrected chi connectivity index (χ4v) is 2.40. The van der Waals surface area contributed by atoms with Crippen molar-refractivity contribution in [2.75, 3.05) is 19.7 Å². The number of rotatable bonds is 1. The first-order valence-electron chi connectivity index (χ1n) is 5.40. The van der Waals surface area contributed by atoms with Gasteiger partial charge in [0.05, 0.1) is 6.61 Å². The highest BCUT2D eigenvalue weighted by atomic mass is 16.5. The highest BCUT2D eigenvalue weighted by molar-refractivity contribution is 5.41. The number of benzene rings is 1. The van der Waals surface area contributed by atoms with Gasteiger partial charge in [-0.3, -0.25) is 0 Å². The van der Waals surface area contributed by atoms with E-state index in [1.54, 1.807) is 0 Å². The van der Waals surface area contributed by atoms with E-state index in [1.807, 2.05) is 0 Å². The van der Waals surface area contributed by atoms with Crippen LogP contribution in [0.1, 0.15) is 23.5 Å². The molecule has 1 atom stereocenters. The van der Waals surface area contributed by atoms with Crippen LogP contribution in [-0.4, -0.2) is 19.7 Å². The lowest BCUT2D eigenvalue weighted by Gasteiger charge is -2.09. The van der Waals surface area contributed by atoms with Crippen LogP contribution >= 0.6 is 0 Å². The maximum absolute atomic E-state index is 5.50. The lowest BCUT2D eigenvalue weighted by atomic mass is 9.96. The molecular weight excluding hydrogens is 174 g/mol. The number of fused-ring (bicyclic) bond motifs is 1. The second kappa shape index (κ2) is 3.28. The van der Waals surface area contributed by atoms with Gasteiger partial charge in [-0.05, 0) is 36.1 Å². The van der Waals surface area contributed by atoms with E-state index in [1.165, 1.54) is 17.5 Å². The van der Waals surface area contributed by atoms with Crippen LogP contribution in [0.25, 0.3) is 0 Å². The lowest BCUT2D eigenvalue weighted by Crippen LogP contribution is -2.07. The topological polar surface area (TPSA) is 21.3 Å². The van der Waals surface area contributed by atoms with E-state index in [2.05, 4.69) is 23.5 Å². The van der Waals surface area contributed by atoms with E-state index in [9.17, 15) is 0 Å². The number of hydrogen-bond acceptors (Lipinski definition) is 2. The molecule has 1 aromatic carbocycles. The maximum Gasteiger partial charge on any atom is 0.122 e. The Bertz CT molecular complexity index is 342. The van der Waals surface area contributed by atoms with Crippen LogP contribution in [0, 0.1) is 0 Å². The second-order valence-corrected chi connectivity index (χ2v) is 4.16. The lowest BCUT2D eigenvalue weighted by molar-refractivity contribution is 0.357. The standard InChI is InChI=1S/C12H15NO/c1-2-12-10(4-6-14-12)7-9(1)11-3-5-13-8-11/h1-2,7,11,13H,3-6,8H2/t11-/m1/s1. The number of ether oxygens (including phenoxy) is 1. The second-order valence-electron chi connectivity index (χ2n) is 4.16. The van der Waals surface area contributed by atoms with Gasteiger partial charge in [0.2, 0.25) is 0 Å². The van der Waals surface area contributed by atoms with E-state index < -0.39 is 0 Å². The van der Waals surface area contributed by atoms with Crippen LogP contribution in [-0.2, 0) is 6.42 Å². The van der Waals surface area contributed by atoms with Crippen LogP contribution < -0.4 is 10.1 Å². The van der Waals surface area contributed by atoms with Crippen LogP contribution in [0.3, 0.4) is 0 Å². The van der Waals surface area contributed by atoms with Crippen molar-refractivity contribution in [1.82, 2.24) is 5.32 Å². The molecule has 0 unspecified atom stereocenters. The molecule has 0 amide bonds. The van der Waals surface area contributed by atoms with Gasteiger partial charge in [0.25, 0.3) is 0 Å². The summed E-state index contributed by atoms with van der Waals surface area (Å²) >= 11 is 0. The minimum absolute atomic E-state index is 0.723. The zero-order chi connectivity index (χ0) is 9.38. The Labute approximate surface area is 84.3 Å². The molecule has 14 heavy (non-hydrogen) atoms. The molecule has 1 fully saturated rings. The van der Waals surface area contributed by atoms with Crippen molar-refractivity contribution in [3.05, 3.63) is 29.3 Å². The molecular formula is C12H15NO. The molecule has 2 nitrogen and oxygen atoms in total. The first-order valence-corrected chi connectivity index (χ1v) is 5.40. The summed E-state index contributed by atoms with van der Waals surface area (Å²) < 4.78 is 5.50. The smallest absolute Gasteiger partial charge is 0.122 e. The van der Waals surface area contributed by atoms with Gasteiger partial charge in [0.1, 0.15) is 5.75 Å². The summed E-state index contributed by atoms with van der Waals surface area (Å²) in [6.07, 6.45) is 2.36. The summed E-state index contributed by atoms with van der Waals surface area (Å²) in [5.74, 6) is 1.82. The van der Waals surface area contributed by atoms with Crippen molar-refractivity contribution in [2.24, 2.45) is 0 Å². The SMILES string of the molecule is c1cc2c(cc1[C@@H]1CCNC1)CCO2. The molecule has 0 bridgehead atoms. The van der Waals surface area contributed by atoms with Gasteiger partial charge in [0.15, 0.2) is 0 Å². The first kappa shape index (κ1) is 8.30. The third kappa shape index (κ3) is 1.30. The minimum atomic E-state index is 0.723. The van der Waals surface area contributed by atoms with Gasteiger partial charge < -0.3 is 10.1 Å². The predicted octanol–water partition coefficient (Wildman–Crippen LogP) is 1.70. The zero-order valence-corrected chi connectivity index (χ0v) is 8.25. The summed E-state index contributed by atoms with van der Waals surface area (Å²) in [4.78, 5) is 0. The molecule has 1 N–H and O–H groups in total. The Morgan fingerprint density at radius 2 is 2.36 bits per heavy atom. The van der Waals surface area contributed by atoms with Crippen LogP contribution in [0.15, 0.2) is 18.2 Å². The van der Waals surface area contributed by atoms with Crippen LogP contribution in [0.4, 0.5) is 0 Å². The summed E-state index contributed by atoms with van der Waals surface area (Å²) in [7, 11) is 0. The summed E-state index contributed by atoms with van der Waals surface area (Å²) in [6.45, 7) is 3.17. The van der Waals surface area contributed by atoms with Crippen LogP contribution in [0.2, 0.25) is 0 Å². The van der Waals surface area contributed by atoms with E-state index in [-0.39, 0.29) is 0 Å². The van der Waals surface area contributed by atoms with Gasteiger partial charge in [-0.25, -0.2) is 0 Å². The molecule has 1 aromatic rings. The average molecular weight is 189 g/mol. The van der Waals surface area contributed by atoms with Crippen molar-refractivity contribution >= 4 is 0 Å². The molecule has 74 valence electrons. The van der Waals surface area contributed by atoms with Gasteiger partial charge in [-0.2, -0.15) is 0 Å². The van der Waals surface area contributed by atoms with Crippen molar-refractivity contribution in [3.63, 3.8) is 0 Å². The molecule has 0 radical (unpaired) electrons. The van der Waals surface area contributed by atoms with E-state index >= 15 is 0 Å². The fourth-order valence-electron chi connectivity index (χ4n) is 2.40. The summed E-state index contributed by atoms with van der Waals surface area (Å²) in [5, 5.41) is 3.41. The van der Waals surface area contributed by atoms with Crippen molar-refractivity contribution in [3.8, 4) is 5.75 Å². The molecule has 0 spiro atoms. The third-order valence-electron chi connectivity index (χ3n) is 3.25. The Hall–Kier alpha value is -1.02. The largest absolute Gasteiger partial charge is 0.493 e. The molecule has 3 rings (SSSR count). The normalized spacial score (nSPS) is 24.7. The number of nitrogens with one attached hydrogen (secondary N) is 1. The quantitative estimate of drug-likeness (QED) is 0.726. The molecule has 2 aliphatic rings. The van der Waals surface area contributed by atoms with E-state index in [0.29, 0.717) is 0 Å². The van der Waals surface area contributed by atoms with Gasteiger partial charge in [-0.1, -0.05) is 12.1 Å². The Morgan fingerprint density at radius 1 is 1.36 bits per heavy atom. The molecule has 2 heterocycles. The highest BCUT2D eigenvalue weighted by Gasteiger charge is 2.19. The Balaban J connectivity index is 1.91. The van der Waals surface area contributed by atoms with Crippen LogP contribution in [0.5, 0.6) is 5.75 Å². The Kier molecular flexibility index (Phi) is 1.95. The minimum Gasteiger partial charge on any atom is -0.493 e. The monoisotopic (exact) mass is 189 g/mol. The van der Waals surface area contributed by atoms with Gasteiger partial charge in [-0.15, -0.1) is 0 Å². The van der Waals surface area contributed by atoms with E-state index in [0.717, 1.165) is 37.8 Å².